The highest BCUT2D eigenvalue weighted by Crippen LogP contribution is 2.58. The van der Waals surface area contributed by atoms with Crippen LogP contribution >= 0.6 is 7.75 Å². The predicted octanol–water partition coefficient (Wildman–Crippen LogP) is 6.05. The Kier molecular flexibility index (Phi) is 14.2. The van der Waals surface area contributed by atoms with E-state index in [1.165, 1.54) is 26.1 Å². The zero-order valence-electron chi connectivity index (χ0n) is 39.9. The van der Waals surface area contributed by atoms with Crippen LogP contribution in [0.1, 0.15) is 63.3 Å². The summed E-state index contributed by atoms with van der Waals surface area (Å²) >= 11 is 0. The molecule has 2 fully saturated rings. The number of imidazole rings is 2. The minimum Gasteiger partial charge on any atom is -0.497 e. The first kappa shape index (κ1) is 48.9. The molecular formula is C48H58N11O10P. The van der Waals surface area contributed by atoms with Crippen LogP contribution in [-0.2, 0) is 38.2 Å². The van der Waals surface area contributed by atoms with E-state index < -0.39 is 56.3 Å². The SMILES string of the molecule is COc1ccc(C(OC[C@H]2O[C@@H](n3cnc4c(N)ncnc43)C[C@@H]2OP(=O)(OC[C@H]2O[C@@H](n3cnc4c(N)ncnc43)[C@H](OC)[C@@H]2O)N(C(C)C)C(C)C)(c2ccccc2)c2ccc(OC)cc2)cc1. The summed E-state index contributed by atoms with van der Waals surface area (Å²) in [7, 11) is 0.327. The molecule has 370 valence electrons. The van der Waals surface area contributed by atoms with Crippen LogP contribution in [0, 0.1) is 0 Å². The second-order valence-corrected chi connectivity index (χ2v) is 19.4. The molecule has 21 nitrogen and oxygen atoms in total. The highest BCUT2D eigenvalue weighted by molar-refractivity contribution is 7.51. The topological polar surface area (TPSA) is 254 Å². The lowest BCUT2D eigenvalue weighted by molar-refractivity contribution is -0.0938. The van der Waals surface area contributed by atoms with Gasteiger partial charge in [0.05, 0.1) is 40.1 Å². The van der Waals surface area contributed by atoms with Crippen molar-refractivity contribution in [3.63, 3.8) is 0 Å². The van der Waals surface area contributed by atoms with Gasteiger partial charge in [-0.1, -0.05) is 54.6 Å². The van der Waals surface area contributed by atoms with E-state index in [-0.39, 0.29) is 43.4 Å². The average molecular weight is 980 g/mol. The van der Waals surface area contributed by atoms with E-state index in [9.17, 15) is 5.11 Å². The number of aliphatic hydroxyl groups excluding tert-OH is 1. The zero-order valence-corrected chi connectivity index (χ0v) is 40.8. The molecule has 6 heterocycles. The fourth-order valence-electron chi connectivity index (χ4n) is 9.54. The van der Waals surface area contributed by atoms with E-state index in [1.807, 2.05) is 107 Å². The molecule has 1 unspecified atom stereocenters. The smallest absolute Gasteiger partial charge is 0.409 e. The number of hydrogen-bond acceptors (Lipinski definition) is 18. The van der Waals surface area contributed by atoms with Crippen LogP contribution in [0.3, 0.4) is 0 Å². The number of nitrogens with two attached hydrogens (primary N) is 2. The molecule has 0 spiro atoms. The normalized spacial score (nSPS) is 22.7. The third-order valence-electron chi connectivity index (χ3n) is 12.8. The van der Waals surface area contributed by atoms with E-state index >= 15 is 4.57 Å². The molecule has 0 amide bonds. The summed E-state index contributed by atoms with van der Waals surface area (Å²) < 4.78 is 72.1. The van der Waals surface area contributed by atoms with Gasteiger partial charge in [-0.05, 0) is 68.7 Å². The Morgan fingerprint density at radius 1 is 0.729 bits per heavy atom. The quantitative estimate of drug-likeness (QED) is 0.0616. The van der Waals surface area contributed by atoms with Gasteiger partial charge in [0.2, 0.25) is 0 Å². The van der Waals surface area contributed by atoms with Gasteiger partial charge in [0.1, 0.15) is 77.5 Å². The highest BCUT2D eigenvalue weighted by Gasteiger charge is 2.51. The maximum absolute atomic E-state index is 16.0. The van der Waals surface area contributed by atoms with Crippen LogP contribution < -0.4 is 20.9 Å². The van der Waals surface area contributed by atoms with E-state index in [2.05, 4.69) is 29.9 Å². The van der Waals surface area contributed by atoms with Gasteiger partial charge in [0, 0.05) is 25.6 Å². The van der Waals surface area contributed by atoms with Gasteiger partial charge in [-0.25, -0.2) is 39.1 Å². The molecule has 70 heavy (non-hydrogen) atoms. The third kappa shape index (κ3) is 9.08. The lowest BCUT2D eigenvalue weighted by Gasteiger charge is -2.39. The highest BCUT2D eigenvalue weighted by atomic mass is 31.2. The van der Waals surface area contributed by atoms with Crippen LogP contribution in [-0.4, -0.2) is 126 Å². The van der Waals surface area contributed by atoms with Crippen molar-refractivity contribution in [3.8, 4) is 11.5 Å². The largest absolute Gasteiger partial charge is 0.497 e. The second-order valence-electron chi connectivity index (χ2n) is 17.6. The van der Waals surface area contributed by atoms with Crippen molar-refractivity contribution in [1.82, 2.24) is 43.7 Å². The summed E-state index contributed by atoms with van der Waals surface area (Å²) in [5.74, 6) is 1.73. The maximum atomic E-state index is 16.0. The zero-order chi connectivity index (χ0) is 49.3. The van der Waals surface area contributed by atoms with Gasteiger partial charge >= 0.3 is 7.75 Å². The summed E-state index contributed by atoms with van der Waals surface area (Å²) in [4.78, 5) is 25.9. The summed E-state index contributed by atoms with van der Waals surface area (Å²) in [6, 6.07) is 24.6. The maximum Gasteiger partial charge on any atom is 0.409 e. The number of hydrogen-bond donors (Lipinski definition) is 3. The monoisotopic (exact) mass is 979 g/mol. The van der Waals surface area contributed by atoms with Gasteiger partial charge in [-0.2, -0.15) is 0 Å². The minimum atomic E-state index is -4.37. The number of aliphatic hydroxyl groups is 1. The van der Waals surface area contributed by atoms with E-state index in [0.29, 0.717) is 33.8 Å². The van der Waals surface area contributed by atoms with E-state index in [0.717, 1.165) is 16.7 Å². The van der Waals surface area contributed by atoms with Crippen molar-refractivity contribution in [1.29, 1.82) is 0 Å². The molecule has 5 N–H and O–H groups in total. The van der Waals surface area contributed by atoms with Crippen LogP contribution in [0.15, 0.2) is 104 Å². The molecule has 0 radical (unpaired) electrons. The van der Waals surface area contributed by atoms with Gasteiger partial charge in [-0.3, -0.25) is 18.2 Å². The summed E-state index contributed by atoms with van der Waals surface area (Å²) in [5, 5.41) is 11.7. The first-order chi connectivity index (χ1) is 33.8. The minimum absolute atomic E-state index is 0.0875. The van der Waals surface area contributed by atoms with Crippen molar-refractivity contribution in [2.75, 3.05) is 46.0 Å². The molecule has 2 aliphatic heterocycles. The number of methoxy groups -OCH3 is 3. The number of fused-ring (bicyclic) bond motifs is 2. The molecule has 7 aromatic rings. The van der Waals surface area contributed by atoms with Crippen molar-refractivity contribution < 1.29 is 47.1 Å². The Morgan fingerprint density at radius 3 is 1.81 bits per heavy atom. The number of nitrogens with zero attached hydrogens (tertiary/aromatic N) is 9. The molecule has 0 saturated carbocycles. The fourth-order valence-corrected chi connectivity index (χ4v) is 11.9. The molecule has 9 rings (SSSR count). The Labute approximate surface area is 404 Å². The molecule has 8 atom stereocenters. The number of anilines is 2. The van der Waals surface area contributed by atoms with Crippen LogP contribution in [0.4, 0.5) is 11.6 Å². The van der Waals surface area contributed by atoms with Crippen molar-refractivity contribution >= 4 is 41.7 Å². The van der Waals surface area contributed by atoms with Crippen LogP contribution in [0.25, 0.3) is 22.3 Å². The molecule has 0 bridgehead atoms. The summed E-state index contributed by atoms with van der Waals surface area (Å²) in [6.07, 6.45) is -0.765. The third-order valence-corrected chi connectivity index (χ3v) is 15.3. The van der Waals surface area contributed by atoms with Crippen molar-refractivity contribution in [2.45, 2.75) is 94.8 Å². The number of benzene rings is 3. The Hall–Kier alpha value is -6.13. The van der Waals surface area contributed by atoms with Gasteiger partial charge < -0.3 is 45.0 Å². The Balaban J connectivity index is 1.09. The fraction of sp³-hybridized carbons (Fsp3) is 0.417. The van der Waals surface area contributed by atoms with Crippen molar-refractivity contribution in [2.24, 2.45) is 0 Å². The number of aromatic nitrogens is 8. The molecule has 2 saturated heterocycles. The lowest BCUT2D eigenvalue weighted by atomic mass is 9.80. The van der Waals surface area contributed by atoms with Gasteiger partial charge in [0.15, 0.2) is 29.2 Å². The molecule has 0 aliphatic carbocycles. The first-order valence-corrected chi connectivity index (χ1v) is 24.4. The Bertz CT molecular complexity index is 2870. The van der Waals surface area contributed by atoms with Gasteiger partial charge in [-0.15, -0.1) is 0 Å². The number of nitrogen functional groups attached to an aromatic ring is 2. The average Bonchev–Trinajstić information content (AvgIpc) is 4.16. The summed E-state index contributed by atoms with van der Waals surface area (Å²) in [6.45, 7) is 7.18. The Morgan fingerprint density at radius 2 is 1.27 bits per heavy atom. The summed E-state index contributed by atoms with van der Waals surface area (Å²) in [5.41, 5.74) is 15.1. The van der Waals surface area contributed by atoms with Crippen molar-refractivity contribution in [3.05, 3.63) is 121 Å². The molecule has 3 aromatic carbocycles. The number of ether oxygens (including phenoxy) is 6. The van der Waals surface area contributed by atoms with E-state index in [4.69, 9.17) is 48.9 Å². The second kappa shape index (κ2) is 20.3. The number of rotatable bonds is 19. The predicted molar refractivity (Wildman–Crippen MR) is 258 cm³/mol. The molecule has 2 aliphatic rings. The van der Waals surface area contributed by atoms with Crippen LogP contribution in [0.2, 0.25) is 0 Å². The lowest BCUT2D eigenvalue weighted by Crippen LogP contribution is -2.41. The standard InChI is InChI=1S/C48H58N11O10P/c1-28(2)59(29(3)4)70(61,66-23-37-41(60)42(64-7)47(68-37)58-27-56-40-44(50)52-25-54-46(40)58)69-35-21-38(57-26-55-39-43(49)51-24-53-45(39)57)67-36(35)22-65-48(30-11-9-8-10-12-30,31-13-17-33(62-5)18-14-31)32-15-19-34(63-6)20-16-32/h8-20,24-29,35-38,41-42,47,60H,21-23H2,1-7H3,(H2,49,51,53)(H2,50,52,54)/t35-,36+,37+,38+,41+,42+,47+,70?/m0/s1. The first-order valence-electron chi connectivity index (χ1n) is 22.9. The van der Waals surface area contributed by atoms with E-state index in [1.54, 1.807) is 34.4 Å². The molecule has 4 aromatic heterocycles. The van der Waals surface area contributed by atoms with Crippen LogP contribution in [0.5, 0.6) is 11.5 Å². The molecule has 22 heteroatoms. The van der Waals surface area contributed by atoms with Gasteiger partial charge in [0.25, 0.3) is 0 Å². The molecular weight excluding hydrogens is 922 g/mol.